The Balaban J connectivity index is 1.84. The Labute approximate surface area is 88.5 Å². The van der Waals surface area contributed by atoms with E-state index in [1.165, 1.54) is 0 Å². The van der Waals surface area contributed by atoms with Crippen LogP contribution >= 0.6 is 11.3 Å². The molecule has 0 aliphatic carbocycles. The normalized spacial score (nSPS) is 20.9. The third-order valence-corrected chi connectivity index (χ3v) is 3.42. The Morgan fingerprint density at radius 3 is 3.00 bits per heavy atom. The van der Waals surface area contributed by atoms with Gasteiger partial charge in [-0.25, -0.2) is 4.98 Å². The summed E-state index contributed by atoms with van der Waals surface area (Å²) in [5.41, 5.74) is 0. The van der Waals surface area contributed by atoms with Crippen LogP contribution in [0.5, 0.6) is 0 Å². The molecule has 1 atom stereocenters. The topological polar surface area (TPSA) is 34.1 Å². The lowest BCUT2D eigenvalue weighted by molar-refractivity contribution is -0.0187. The lowest BCUT2D eigenvalue weighted by Gasteiger charge is -2.25. The lowest BCUT2D eigenvalue weighted by Crippen LogP contribution is -2.32. The largest absolute Gasteiger partial charge is 0.368 e. The molecule has 0 spiro atoms. The molecule has 1 N–H and O–H groups in total. The van der Waals surface area contributed by atoms with Gasteiger partial charge in [0.2, 0.25) is 0 Å². The smallest absolute Gasteiger partial charge is 0.121 e. The monoisotopic (exact) mass is 212 g/mol. The second kappa shape index (κ2) is 4.87. The highest BCUT2D eigenvalue weighted by Crippen LogP contribution is 2.23. The van der Waals surface area contributed by atoms with Gasteiger partial charge < -0.3 is 10.1 Å². The first-order valence-corrected chi connectivity index (χ1v) is 6.00. The van der Waals surface area contributed by atoms with E-state index in [1.54, 1.807) is 11.3 Å². The number of hydrogen-bond acceptors (Lipinski definition) is 4. The summed E-state index contributed by atoms with van der Waals surface area (Å²) in [5, 5.41) is 6.41. The van der Waals surface area contributed by atoms with Crippen molar-refractivity contribution in [3.05, 3.63) is 16.6 Å². The fourth-order valence-corrected chi connectivity index (χ4v) is 2.34. The summed E-state index contributed by atoms with van der Waals surface area (Å²) in [6.45, 7) is 4.24. The van der Waals surface area contributed by atoms with Gasteiger partial charge in [0.05, 0.1) is 6.10 Å². The highest BCUT2D eigenvalue weighted by Gasteiger charge is 2.18. The number of rotatable bonds is 3. The highest BCUT2D eigenvalue weighted by atomic mass is 32.1. The van der Waals surface area contributed by atoms with Crippen LogP contribution in [0.4, 0.5) is 0 Å². The van der Waals surface area contributed by atoms with Crippen LogP contribution in [0.25, 0.3) is 0 Å². The predicted octanol–water partition coefficient (Wildman–Crippen LogP) is 1.97. The van der Waals surface area contributed by atoms with Gasteiger partial charge in [0, 0.05) is 11.6 Å². The molecule has 78 valence electrons. The van der Waals surface area contributed by atoms with Crippen molar-refractivity contribution < 1.29 is 4.74 Å². The zero-order chi connectivity index (χ0) is 9.80. The first kappa shape index (κ1) is 10.1. The van der Waals surface area contributed by atoms with E-state index in [2.05, 4.69) is 17.2 Å². The van der Waals surface area contributed by atoms with Gasteiger partial charge in [-0.15, -0.1) is 11.3 Å². The molecule has 2 rings (SSSR count). The van der Waals surface area contributed by atoms with E-state index in [-0.39, 0.29) is 6.10 Å². The Bertz CT molecular complexity index is 257. The number of nitrogens with zero attached hydrogens (tertiary/aromatic N) is 1. The molecule has 4 heteroatoms. The number of hydrogen-bond donors (Lipinski definition) is 1. The SMILES string of the molecule is C[C@H](OC1CCNCC1)c1nccs1. The number of piperidine rings is 1. The molecule has 1 fully saturated rings. The Morgan fingerprint density at radius 1 is 1.57 bits per heavy atom. The first-order chi connectivity index (χ1) is 6.86. The second-order valence-electron chi connectivity index (χ2n) is 3.60. The summed E-state index contributed by atoms with van der Waals surface area (Å²) in [6, 6.07) is 0. The van der Waals surface area contributed by atoms with Crippen molar-refractivity contribution in [2.75, 3.05) is 13.1 Å². The molecule has 0 aromatic carbocycles. The highest BCUT2D eigenvalue weighted by molar-refractivity contribution is 7.09. The van der Waals surface area contributed by atoms with E-state index in [4.69, 9.17) is 4.74 Å². The van der Waals surface area contributed by atoms with Gasteiger partial charge in [0.25, 0.3) is 0 Å². The minimum Gasteiger partial charge on any atom is -0.368 e. The van der Waals surface area contributed by atoms with Crippen molar-refractivity contribution in [3.63, 3.8) is 0 Å². The van der Waals surface area contributed by atoms with Crippen molar-refractivity contribution in [1.29, 1.82) is 0 Å². The van der Waals surface area contributed by atoms with E-state index in [0.717, 1.165) is 30.9 Å². The van der Waals surface area contributed by atoms with Crippen molar-refractivity contribution in [3.8, 4) is 0 Å². The number of ether oxygens (including phenoxy) is 1. The zero-order valence-corrected chi connectivity index (χ0v) is 9.22. The molecule has 1 aromatic heterocycles. The molecule has 0 saturated carbocycles. The molecule has 2 heterocycles. The summed E-state index contributed by atoms with van der Waals surface area (Å²) < 4.78 is 5.94. The van der Waals surface area contributed by atoms with Gasteiger partial charge in [0.15, 0.2) is 0 Å². The van der Waals surface area contributed by atoms with Crippen LogP contribution in [-0.2, 0) is 4.74 Å². The maximum atomic E-state index is 5.94. The molecule has 1 aliphatic heterocycles. The molecule has 0 amide bonds. The molecule has 14 heavy (non-hydrogen) atoms. The average molecular weight is 212 g/mol. The molecule has 3 nitrogen and oxygen atoms in total. The lowest BCUT2D eigenvalue weighted by atomic mass is 10.1. The number of nitrogens with one attached hydrogen (secondary N) is 1. The third kappa shape index (κ3) is 2.53. The molecule has 1 saturated heterocycles. The molecule has 0 bridgehead atoms. The fourth-order valence-electron chi connectivity index (χ4n) is 1.71. The average Bonchev–Trinajstić information content (AvgIpc) is 2.72. The maximum Gasteiger partial charge on any atom is 0.121 e. The predicted molar refractivity (Wildman–Crippen MR) is 57.5 cm³/mol. The van der Waals surface area contributed by atoms with Crippen LogP contribution in [0.2, 0.25) is 0 Å². The summed E-state index contributed by atoms with van der Waals surface area (Å²) in [4.78, 5) is 4.26. The van der Waals surface area contributed by atoms with Crippen LogP contribution in [0.15, 0.2) is 11.6 Å². The van der Waals surface area contributed by atoms with Gasteiger partial charge in [-0.2, -0.15) is 0 Å². The Morgan fingerprint density at radius 2 is 2.36 bits per heavy atom. The van der Waals surface area contributed by atoms with Gasteiger partial charge in [0.1, 0.15) is 11.1 Å². The second-order valence-corrected chi connectivity index (χ2v) is 4.52. The number of thiazole rings is 1. The molecule has 1 aromatic rings. The van der Waals surface area contributed by atoms with Crippen LogP contribution in [0.1, 0.15) is 30.9 Å². The van der Waals surface area contributed by atoms with Gasteiger partial charge in [-0.1, -0.05) is 0 Å². The van der Waals surface area contributed by atoms with Gasteiger partial charge in [-0.3, -0.25) is 0 Å². The van der Waals surface area contributed by atoms with Gasteiger partial charge >= 0.3 is 0 Å². The van der Waals surface area contributed by atoms with E-state index >= 15 is 0 Å². The first-order valence-electron chi connectivity index (χ1n) is 5.12. The van der Waals surface area contributed by atoms with E-state index in [1.807, 2.05) is 11.6 Å². The van der Waals surface area contributed by atoms with Crippen molar-refractivity contribution in [2.45, 2.75) is 32.0 Å². The van der Waals surface area contributed by atoms with Crippen molar-refractivity contribution in [2.24, 2.45) is 0 Å². The van der Waals surface area contributed by atoms with E-state index in [0.29, 0.717) is 6.10 Å². The quantitative estimate of drug-likeness (QED) is 0.832. The Kier molecular flexibility index (Phi) is 3.50. The molecular weight excluding hydrogens is 196 g/mol. The summed E-state index contributed by atoms with van der Waals surface area (Å²) in [5.74, 6) is 0. The molecule has 0 radical (unpaired) electrons. The summed E-state index contributed by atoms with van der Waals surface area (Å²) >= 11 is 1.67. The standard InChI is InChI=1S/C10H16N2OS/c1-8(10-12-6-7-14-10)13-9-2-4-11-5-3-9/h6-9,11H,2-5H2,1H3/t8-/m0/s1. The van der Waals surface area contributed by atoms with E-state index < -0.39 is 0 Å². The summed E-state index contributed by atoms with van der Waals surface area (Å²) in [7, 11) is 0. The van der Waals surface area contributed by atoms with Crippen LogP contribution in [0.3, 0.4) is 0 Å². The van der Waals surface area contributed by atoms with Crippen molar-refractivity contribution >= 4 is 11.3 Å². The zero-order valence-electron chi connectivity index (χ0n) is 8.40. The third-order valence-electron chi connectivity index (χ3n) is 2.48. The van der Waals surface area contributed by atoms with Crippen molar-refractivity contribution in [1.82, 2.24) is 10.3 Å². The van der Waals surface area contributed by atoms with Crippen LogP contribution in [-0.4, -0.2) is 24.2 Å². The molecule has 0 unspecified atom stereocenters. The summed E-state index contributed by atoms with van der Waals surface area (Å²) in [6.07, 6.45) is 4.64. The maximum absolute atomic E-state index is 5.94. The van der Waals surface area contributed by atoms with Crippen LogP contribution in [0, 0.1) is 0 Å². The Hall–Kier alpha value is -0.450. The minimum atomic E-state index is 0.151. The minimum absolute atomic E-state index is 0.151. The van der Waals surface area contributed by atoms with E-state index in [9.17, 15) is 0 Å². The van der Waals surface area contributed by atoms with Crippen LogP contribution < -0.4 is 5.32 Å². The molecular formula is C10H16N2OS. The fraction of sp³-hybridized carbons (Fsp3) is 0.700. The molecule has 1 aliphatic rings. The van der Waals surface area contributed by atoms with Gasteiger partial charge in [-0.05, 0) is 32.9 Å². The number of aromatic nitrogens is 1.